The number of ether oxygens (including phenoxy) is 4. The number of hydrogen-bond donors (Lipinski definition) is 0. The first-order chi connectivity index (χ1) is 29.4. The van der Waals surface area contributed by atoms with Gasteiger partial charge in [0.05, 0.1) is 24.4 Å². The van der Waals surface area contributed by atoms with Crippen LogP contribution in [-0.4, -0.2) is 26.4 Å². The predicted molar refractivity (Wildman–Crippen MR) is 251 cm³/mol. The van der Waals surface area contributed by atoms with Crippen LogP contribution >= 0.6 is 0 Å². The molecule has 0 bridgehead atoms. The van der Waals surface area contributed by atoms with Gasteiger partial charge in [-0.3, -0.25) is 0 Å². The Morgan fingerprint density at radius 3 is 0.950 bits per heavy atom. The van der Waals surface area contributed by atoms with Crippen LogP contribution in [-0.2, 0) is 18.9 Å². The minimum atomic E-state index is 0.132. The summed E-state index contributed by atoms with van der Waals surface area (Å²) in [4.78, 5) is 0. The molecule has 5 aromatic rings. The normalized spacial score (nSPS) is 18.6. The molecule has 2 aliphatic rings. The standard InChI is InChI=1S/C56H70O4/c1-7-11-31-57-53-27-29-55(59-33-13-9-3)51-37-45(23-25-47(51)53)41-15-19-43(20-16-41)49-35-40(6)50(36-39(49)5)44-21-17-42(18-22-44)46-24-26-48-52(38-46)56(60-34-14-10-4)30-28-54(48)58-32-12-8-2/h15-26,35-38,53-56H,7-14,27-34H2,1-6H3. The molecular formula is C56H70O4. The maximum atomic E-state index is 6.47. The molecule has 0 N–H and O–H groups in total. The van der Waals surface area contributed by atoms with Crippen molar-refractivity contribution >= 4 is 0 Å². The zero-order chi connectivity index (χ0) is 41.8. The summed E-state index contributed by atoms with van der Waals surface area (Å²) in [5.74, 6) is 0. The smallest absolute Gasteiger partial charge is 0.0829 e. The third kappa shape index (κ3) is 10.5. The summed E-state index contributed by atoms with van der Waals surface area (Å²) >= 11 is 0. The fourth-order valence-corrected chi connectivity index (χ4v) is 9.18. The minimum absolute atomic E-state index is 0.132. The van der Waals surface area contributed by atoms with Gasteiger partial charge in [-0.15, -0.1) is 0 Å². The van der Waals surface area contributed by atoms with Crippen LogP contribution in [0.1, 0.15) is 163 Å². The molecule has 4 nitrogen and oxygen atoms in total. The molecular weight excluding hydrogens is 737 g/mol. The molecule has 0 aliphatic heterocycles. The minimum Gasteiger partial charge on any atom is -0.374 e. The number of fused-ring (bicyclic) bond motifs is 2. The first-order valence-corrected chi connectivity index (χ1v) is 23.5. The van der Waals surface area contributed by atoms with Crippen LogP contribution < -0.4 is 0 Å². The van der Waals surface area contributed by atoms with E-state index < -0.39 is 0 Å². The van der Waals surface area contributed by atoms with E-state index in [0.29, 0.717) is 0 Å². The van der Waals surface area contributed by atoms with Gasteiger partial charge in [0.2, 0.25) is 0 Å². The number of hydrogen-bond acceptors (Lipinski definition) is 4. The van der Waals surface area contributed by atoms with Gasteiger partial charge in [-0.2, -0.15) is 0 Å². The average molecular weight is 807 g/mol. The SMILES string of the molecule is CCCCOC1CCC(OCCCC)c2cc(-c3ccc(-c4cc(C)c(-c5ccc(-c6ccc7c(c6)C(OCCCC)CCC7OCCCC)cc5)cc4C)cc3)ccc21. The van der Waals surface area contributed by atoms with Gasteiger partial charge in [0, 0.05) is 26.4 Å². The van der Waals surface area contributed by atoms with Crippen molar-refractivity contribution in [1.82, 2.24) is 0 Å². The second-order valence-electron chi connectivity index (χ2n) is 17.3. The summed E-state index contributed by atoms with van der Waals surface area (Å²) in [7, 11) is 0. The van der Waals surface area contributed by atoms with Crippen molar-refractivity contribution in [3.05, 3.63) is 130 Å². The Hall–Kier alpha value is -4.06. The summed E-state index contributed by atoms with van der Waals surface area (Å²) in [6.45, 7) is 16.6. The first-order valence-electron chi connectivity index (χ1n) is 23.5. The van der Waals surface area contributed by atoms with Gasteiger partial charge in [-0.05, 0) is 155 Å². The van der Waals surface area contributed by atoms with Crippen molar-refractivity contribution < 1.29 is 18.9 Å². The molecule has 0 fully saturated rings. The Kier molecular flexibility index (Phi) is 15.9. The quantitative estimate of drug-likeness (QED) is 0.0734. The van der Waals surface area contributed by atoms with E-state index in [2.05, 4.69) is 139 Å². The molecule has 4 atom stereocenters. The molecule has 4 heteroatoms. The Bertz CT molecular complexity index is 1960. The van der Waals surface area contributed by atoms with Crippen LogP contribution in [0.3, 0.4) is 0 Å². The van der Waals surface area contributed by atoms with E-state index >= 15 is 0 Å². The predicted octanol–water partition coefficient (Wildman–Crippen LogP) is 16.0. The second kappa shape index (κ2) is 21.6. The van der Waals surface area contributed by atoms with Crippen molar-refractivity contribution in [3.63, 3.8) is 0 Å². The van der Waals surface area contributed by atoms with Crippen LogP contribution in [0.25, 0.3) is 44.5 Å². The van der Waals surface area contributed by atoms with Crippen molar-refractivity contribution in [2.24, 2.45) is 0 Å². The molecule has 0 amide bonds. The lowest BCUT2D eigenvalue weighted by atomic mass is 9.84. The van der Waals surface area contributed by atoms with Crippen molar-refractivity contribution in [1.29, 1.82) is 0 Å². The van der Waals surface area contributed by atoms with Crippen LogP contribution in [0.4, 0.5) is 0 Å². The van der Waals surface area contributed by atoms with E-state index in [0.717, 1.165) is 103 Å². The van der Waals surface area contributed by atoms with Gasteiger partial charge in [0.25, 0.3) is 0 Å². The molecule has 2 aliphatic carbocycles. The van der Waals surface area contributed by atoms with Gasteiger partial charge in [0.1, 0.15) is 0 Å². The average Bonchev–Trinajstić information content (AvgIpc) is 3.28. The molecule has 4 unspecified atom stereocenters. The number of rotatable bonds is 20. The molecule has 7 rings (SSSR count). The van der Waals surface area contributed by atoms with Crippen molar-refractivity contribution in [2.45, 2.75) is 143 Å². The molecule has 0 heterocycles. The lowest BCUT2D eigenvalue weighted by molar-refractivity contribution is -0.00858. The summed E-state index contributed by atoms with van der Waals surface area (Å²) in [6, 6.07) is 36.9. The molecule has 0 aromatic heterocycles. The summed E-state index contributed by atoms with van der Waals surface area (Å²) in [5, 5.41) is 0. The van der Waals surface area contributed by atoms with Gasteiger partial charge in [-0.25, -0.2) is 0 Å². The number of benzene rings is 5. The lowest BCUT2D eigenvalue weighted by Crippen LogP contribution is -2.19. The van der Waals surface area contributed by atoms with E-state index in [1.54, 1.807) is 0 Å². The third-order valence-electron chi connectivity index (χ3n) is 12.8. The number of aryl methyl sites for hydroxylation is 2. The Balaban J connectivity index is 1.08. The molecule has 0 radical (unpaired) electrons. The second-order valence-corrected chi connectivity index (χ2v) is 17.3. The van der Waals surface area contributed by atoms with Crippen molar-refractivity contribution in [2.75, 3.05) is 26.4 Å². The highest BCUT2D eigenvalue weighted by molar-refractivity contribution is 5.79. The fourth-order valence-electron chi connectivity index (χ4n) is 9.18. The molecule has 318 valence electrons. The Labute approximate surface area is 362 Å². The molecule has 0 spiro atoms. The third-order valence-corrected chi connectivity index (χ3v) is 12.8. The highest BCUT2D eigenvalue weighted by Gasteiger charge is 2.30. The van der Waals surface area contributed by atoms with E-state index in [9.17, 15) is 0 Å². The summed E-state index contributed by atoms with van der Waals surface area (Å²) in [5.41, 5.74) is 17.8. The van der Waals surface area contributed by atoms with Crippen LogP contribution in [0, 0.1) is 13.8 Å². The van der Waals surface area contributed by atoms with E-state index in [1.165, 1.54) is 77.9 Å². The fraction of sp³-hybridized carbons (Fsp3) is 0.464. The zero-order valence-electron chi connectivity index (χ0n) is 37.5. The van der Waals surface area contributed by atoms with Crippen LogP contribution in [0.15, 0.2) is 97.1 Å². The monoisotopic (exact) mass is 807 g/mol. The molecule has 5 aromatic carbocycles. The van der Waals surface area contributed by atoms with Gasteiger partial charge < -0.3 is 18.9 Å². The van der Waals surface area contributed by atoms with E-state index in [1.807, 2.05) is 0 Å². The topological polar surface area (TPSA) is 36.9 Å². The van der Waals surface area contributed by atoms with E-state index in [-0.39, 0.29) is 24.4 Å². The lowest BCUT2D eigenvalue weighted by Gasteiger charge is -2.32. The molecule has 60 heavy (non-hydrogen) atoms. The van der Waals surface area contributed by atoms with Gasteiger partial charge in [-0.1, -0.05) is 138 Å². The number of unbranched alkanes of at least 4 members (excludes halogenated alkanes) is 4. The largest absolute Gasteiger partial charge is 0.374 e. The summed E-state index contributed by atoms with van der Waals surface area (Å²) in [6.07, 6.45) is 13.6. The van der Waals surface area contributed by atoms with Crippen LogP contribution in [0.2, 0.25) is 0 Å². The Morgan fingerprint density at radius 2 is 0.633 bits per heavy atom. The van der Waals surface area contributed by atoms with Gasteiger partial charge >= 0.3 is 0 Å². The molecule has 0 saturated carbocycles. The molecule has 0 saturated heterocycles. The van der Waals surface area contributed by atoms with Gasteiger partial charge in [0.15, 0.2) is 0 Å². The highest BCUT2D eigenvalue weighted by atomic mass is 16.5. The highest BCUT2D eigenvalue weighted by Crippen LogP contribution is 2.44. The van der Waals surface area contributed by atoms with E-state index in [4.69, 9.17) is 18.9 Å². The summed E-state index contributed by atoms with van der Waals surface area (Å²) < 4.78 is 25.7. The van der Waals surface area contributed by atoms with Crippen molar-refractivity contribution in [3.8, 4) is 44.5 Å². The maximum absolute atomic E-state index is 6.47. The maximum Gasteiger partial charge on any atom is 0.0829 e. The zero-order valence-corrected chi connectivity index (χ0v) is 37.5. The Morgan fingerprint density at radius 1 is 0.350 bits per heavy atom. The first kappa shape index (κ1) is 44.0. The van der Waals surface area contributed by atoms with Crippen LogP contribution in [0.5, 0.6) is 0 Å².